The van der Waals surface area contributed by atoms with E-state index < -0.39 is 23.0 Å². The second-order valence-corrected chi connectivity index (χ2v) is 5.14. The number of hydrogen-bond donors (Lipinski definition) is 0. The summed E-state index contributed by atoms with van der Waals surface area (Å²) in [6.07, 6.45) is 1.59. The molecule has 0 bridgehead atoms. The standard InChI is InChI=1S/C17H17N3O6/c1-4-25-17(22)11(2)15(26-12(3)21)16-18-9-10-19(16)13-7-5-6-8-14(13)20(23)24/h5-10,15H,2,4H2,1,3H3. The van der Waals surface area contributed by atoms with Crippen molar-refractivity contribution >= 4 is 17.6 Å². The number of nitrogens with zero attached hydrogens (tertiary/aromatic N) is 3. The van der Waals surface area contributed by atoms with Crippen LogP contribution in [0.15, 0.2) is 48.8 Å². The maximum absolute atomic E-state index is 12.0. The average Bonchev–Trinajstić information content (AvgIpc) is 3.08. The van der Waals surface area contributed by atoms with E-state index in [4.69, 9.17) is 9.47 Å². The number of ether oxygens (including phenoxy) is 2. The molecule has 0 saturated heterocycles. The quantitative estimate of drug-likeness (QED) is 0.323. The normalized spacial score (nSPS) is 11.5. The first-order valence-corrected chi connectivity index (χ1v) is 7.67. The fourth-order valence-corrected chi connectivity index (χ4v) is 2.31. The van der Waals surface area contributed by atoms with E-state index in [9.17, 15) is 19.7 Å². The highest BCUT2D eigenvalue weighted by Crippen LogP contribution is 2.30. The van der Waals surface area contributed by atoms with E-state index in [2.05, 4.69) is 11.6 Å². The highest BCUT2D eigenvalue weighted by atomic mass is 16.6. The van der Waals surface area contributed by atoms with Gasteiger partial charge in [0.05, 0.1) is 17.1 Å². The van der Waals surface area contributed by atoms with Crippen LogP contribution in [0.25, 0.3) is 5.69 Å². The van der Waals surface area contributed by atoms with Gasteiger partial charge in [-0.2, -0.15) is 0 Å². The maximum Gasteiger partial charge on any atom is 0.337 e. The van der Waals surface area contributed by atoms with E-state index in [1.54, 1.807) is 13.0 Å². The number of para-hydroxylation sites is 2. The van der Waals surface area contributed by atoms with E-state index in [0.29, 0.717) is 0 Å². The van der Waals surface area contributed by atoms with E-state index in [1.165, 1.54) is 42.1 Å². The molecule has 0 spiro atoms. The zero-order valence-electron chi connectivity index (χ0n) is 14.2. The Morgan fingerprint density at radius 3 is 2.69 bits per heavy atom. The molecule has 2 aromatic rings. The SMILES string of the molecule is C=C(C(=O)OCC)C(OC(C)=O)c1nccn1-c1ccccc1[N+](=O)[O-]. The van der Waals surface area contributed by atoms with Crippen LogP contribution in [0.3, 0.4) is 0 Å². The highest BCUT2D eigenvalue weighted by Gasteiger charge is 2.30. The van der Waals surface area contributed by atoms with Crippen LogP contribution < -0.4 is 0 Å². The summed E-state index contributed by atoms with van der Waals surface area (Å²) in [5.74, 6) is -1.33. The Morgan fingerprint density at radius 1 is 1.38 bits per heavy atom. The molecule has 26 heavy (non-hydrogen) atoms. The maximum atomic E-state index is 12.0. The van der Waals surface area contributed by atoms with Gasteiger partial charge in [0.25, 0.3) is 5.69 Å². The minimum atomic E-state index is -1.25. The molecule has 0 aliphatic carbocycles. The molecule has 1 aromatic heterocycles. The first-order valence-electron chi connectivity index (χ1n) is 7.67. The number of aromatic nitrogens is 2. The van der Waals surface area contributed by atoms with Gasteiger partial charge in [-0.15, -0.1) is 0 Å². The number of esters is 2. The van der Waals surface area contributed by atoms with Gasteiger partial charge >= 0.3 is 11.9 Å². The average molecular weight is 359 g/mol. The predicted molar refractivity (Wildman–Crippen MR) is 90.5 cm³/mol. The molecular weight excluding hydrogens is 342 g/mol. The van der Waals surface area contributed by atoms with Gasteiger partial charge < -0.3 is 9.47 Å². The molecule has 0 amide bonds. The third-order valence-corrected chi connectivity index (χ3v) is 3.38. The lowest BCUT2D eigenvalue weighted by Crippen LogP contribution is -2.21. The van der Waals surface area contributed by atoms with E-state index in [-0.39, 0.29) is 29.4 Å². The molecule has 9 nitrogen and oxygen atoms in total. The molecule has 9 heteroatoms. The number of rotatable bonds is 7. The Kier molecular flexibility index (Phi) is 5.84. The lowest BCUT2D eigenvalue weighted by Gasteiger charge is -2.19. The Hall–Kier alpha value is -3.49. The largest absolute Gasteiger partial charge is 0.463 e. The Balaban J connectivity index is 2.54. The smallest absolute Gasteiger partial charge is 0.337 e. The third kappa shape index (κ3) is 3.94. The van der Waals surface area contributed by atoms with Crippen molar-refractivity contribution in [1.82, 2.24) is 9.55 Å². The number of carbonyl (C=O) groups is 2. The number of carbonyl (C=O) groups excluding carboxylic acids is 2. The minimum absolute atomic E-state index is 0.0903. The number of hydrogen-bond acceptors (Lipinski definition) is 7. The van der Waals surface area contributed by atoms with Crippen molar-refractivity contribution < 1.29 is 24.0 Å². The molecule has 1 atom stereocenters. The topological polar surface area (TPSA) is 114 Å². The van der Waals surface area contributed by atoms with Gasteiger partial charge in [0.2, 0.25) is 0 Å². The summed E-state index contributed by atoms with van der Waals surface area (Å²) in [5, 5.41) is 11.3. The molecule has 1 unspecified atom stereocenters. The molecule has 0 radical (unpaired) electrons. The molecule has 0 aliphatic heterocycles. The summed E-state index contributed by atoms with van der Waals surface area (Å²) in [6, 6.07) is 5.99. The number of nitro groups is 1. The van der Waals surface area contributed by atoms with Crippen molar-refractivity contribution in [2.75, 3.05) is 6.61 Å². The second kappa shape index (κ2) is 8.06. The summed E-state index contributed by atoms with van der Waals surface area (Å²) in [4.78, 5) is 38.4. The first-order chi connectivity index (χ1) is 12.4. The van der Waals surface area contributed by atoms with Gasteiger partial charge in [-0.1, -0.05) is 18.7 Å². The molecule has 2 rings (SSSR count). The molecule has 0 aliphatic rings. The molecule has 136 valence electrons. The summed E-state index contributed by atoms with van der Waals surface area (Å²) in [7, 11) is 0. The summed E-state index contributed by atoms with van der Waals surface area (Å²) >= 11 is 0. The molecule has 1 aromatic carbocycles. The van der Waals surface area contributed by atoms with Crippen LogP contribution in [0.4, 0.5) is 5.69 Å². The zero-order valence-corrected chi connectivity index (χ0v) is 14.2. The summed E-state index contributed by atoms with van der Waals surface area (Å²) < 4.78 is 11.5. The number of benzene rings is 1. The van der Waals surface area contributed by atoms with Gasteiger partial charge in [0.15, 0.2) is 11.9 Å². The molecule has 0 saturated carbocycles. The van der Waals surface area contributed by atoms with Crippen molar-refractivity contribution in [3.8, 4) is 5.69 Å². The Bertz CT molecular complexity index is 858. The number of imidazole rings is 1. The van der Waals surface area contributed by atoms with Crippen LogP contribution in [-0.2, 0) is 19.1 Å². The molecule has 1 heterocycles. The van der Waals surface area contributed by atoms with E-state index in [0.717, 1.165) is 0 Å². The Morgan fingerprint density at radius 2 is 2.08 bits per heavy atom. The van der Waals surface area contributed by atoms with Crippen LogP contribution >= 0.6 is 0 Å². The van der Waals surface area contributed by atoms with Crippen LogP contribution in [0.2, 0.25) is 0 Å². The van der Waals surface area contributed by atoms with Gasteiger partial charge in [0, 0.05) is 25.4 Å². The van der Waals surface area contributed by atoms with Gasteiger partial charge in [-0.3, -0.25) is 19.5 Å². The van der Waals surface area contributed by atoms with Crippen molar-refractivity contribution in [2.24, 2.45) is 0 Å². The van der Waals surface area contributed by atoms with Gasteiger partial charge in [-0.25, -0.2) is 9.78 Å². The monoisotopic (exact) mass is 359 g/mol. The fourth-order valence-electron chi connectivity index (χ4n) is 2.31. The van der Waals surface area contributed by atoms with Crippen LogP contribution in [0.5, 0.6) is 0 Å². The van der Waals surface area contributed by atoms with Gasteiger partial charge in [0.1, 0.15) is 5.69 Å². The third-order valence-electron chi connectivity index (χ3n) is 3.38. The number of nitro benzene ring substituents is 1. The zero-order chi connectivity index (χ0) is 19.3. The first kappa shape index (κ1) is 18.8. The molecule has 0 fully saturated rings. The van der Waals surface area contributed by atoms with E-state index >= 15 is 0 Å². The van der Waals surface area contributed by atoms with Crippen molar-refractivity contribution in [2.45, 2.75) is 20.0 Å². The highest BCUT2D eigenvalue weighted by molar-refractivity contribution is 5.89. The summed E-state index contributed by atoms with van der Waals surface area (Å²) in [6.45, 7) is 6.55. The van der Waals surface area contributed by atoms with Crippen molar-refractivity contribution in [3.05, 3.63) is 64.7 Å². The van der Waals surface area contributed by atoms with E-state index in [1.807, 2.05) is 0 Å². The lowest BCUT2D eigenvalue weighted by atomic mass is 10.1. The molecule has 0 N–H and O–H groups in total. The Labute approximate surface area is 149 Å². The minimum Gasteiger partial charge on any atom is -0.463 e. The van der Waals surface area contributed by atoms with Crippen molar-refractivity contribution in [3.63, 3.8) is 0 Å². The van der Waals surface area contributed by atoms with Crippen LogP contribution in [0, 0.1) is 10.1 Å². The van der Waals surface area contributed by atoms with Crippen molar-refractivity contribution in [1.29, 1.82) is 0 Å². The summed E-state index contributed by atoms with van der Waals surface area (Å²) in [5.41, 5.74) is -0.109. The van der Waals surface area contributed by atoms with Crippen LogP contribution in [-0.4, -0.2) is 33.0 Å². The van der Waals surface area contributed by atoms with Crippen LogP contribution in [0.1, 0.15) is 25.8 Å². The lowest BCUT2D eigenvalue weighted by molar-refractivity contribution is -0.384. The van der Waals surface area contributed by atoms with Gasteiger partial charge in [-0.05, 0) is 13.0 Å². The predicted octanol–water partition coefficient (Wildman–Crippen LogP) is 2.50. The second-order valence-electron chi connectivity index (χ2n) is 5.14. The molecular formula is C17H17N3O6. The fraction of sp³-hybridized carbons (Fsp3) is 0.235.